The monoisotopic (exact) mass is 275 g/mol. The van der Waals surface area contributed by atoms with Crippen molar-refractivity contribution in [1.82, 2.24) is 10.2 Å². The molecule has 1 saturated carbocycles. The molecule has 4 heteroatoms. The van der Waals surface area contributed by atoms with Gasteiger partial charge in [0.25, 0.3) is 5.91 Å². The summed E-state index contributed by atoms with van der Waals surface area (Å²) in [5.41, 5.74) is 8.26. The summed E-state index contributed by atoms with van der Waals surface area (Å²) in [4.78, 5) is 14.5. The molecule has 1 fully saturated rings. The second kappa shape index (κ2) is 5.83. The van der Waals surface area contributed by atoms with Gasteiger partial charge in [-0.2, -0.15) is 0 Å². The van der Waals surface area contributed by atoms with Crippen molar-refractivity contribution in [3.63, 3.8) is 0 Å². The predicted molar refractivity (Wildman–Crippen MR) is 82.8 cm³/mol. The number of likely N-dealkylation sites (N-methyl/N-ethyl adjacent to an activating group) is 1. The van der Waals surface area contributed by atoms with Crippen LogP contribution in [0.4, 0.5) is 5.69 Å². The van der Waals surface area contributed by atoms with Gasteiger partial charge in [-0.1, -0.05) is 12.8 Å². The number of hydrogen-bond donors (Lipinski definition) is 2. The number of aryl methyl sites for hydroxylation is 1. The van der Waals surface area contributed by atoms with Gasteiger partial charge in [0, 0.05) is 23.3 Å². The molecule has 1 aliphatic carbocycles. The number of hydrogen-bond acceptors (Lipinski definition) is 3. The zero-order chi connectivity index (χ0) is 14.8. The average molecular weight is 275 g/mol. The summed E-state index contributed by atoms with van der Waals surface area (Å²) in [5, 5.41) is 3.09. The number of benzene rings is 1. The third kappa shape index (κ3) is 2.96. The molecule has 4 nitrogen and oxygen atoms in total. The van der Waals surface area contributed by atoms with Crippen LogP contribution < -0.4 is 11.1 Å². The van der Waals surface area contributed by atoms with Crippen LogP contribution in [0, 0.1) is 6.92 Å². The Bertz CT molecular complexity index is 490. The Hall–Kier alpha value is -1.55. The van der Waals surface area contributed by atoms with Crippen LogP contribution in [-0.2, 0) is 0 Å². The average Bonchev–Trinajstić information content (AvgIpc) is 2.89. The molecule has 0 bridgehead atoms. The van der Waals surface area contributed by atoms with Crippen LogP contribution in [0.1, 0.15) is 41.6 Å². The smallest absolute Gasteiger partial charge is 0.251 e. The van der Waals surface area contributed by atoms with Crippen molar-refractivity contribution in [2.45, 2.75) is 38.1 Å². The topological polar surface area (TPSA) is 58.4 Å². The van der Waals surface area contributed by atoms with Crippen LogP contribution >= 0.6 is 0 Å². The summed E-state index contributed by atoms with van der Waals surface area (Å²) in [6.07, 6.45) is 4.80. The van der Waals surface area contributed by atoms with E-state index in [1.54, 1.807) is 12.1 Å². The minimum absolute atomic E-state index is 0.0128. The van der Waals surface area contributed by atoms with E-state index in [4.69, 9.17) is 5.73 Å². The molecule has 2 rings (SSSR count). The highest BCUT2D eigenvalue weighted by Crippen LogP contribution is 2.33. The van der Waals surface area contributed by atoms with Crippen LogP contribution in [0.2, 0.25) is 0 Å². The number of nitrogens with one attached hydrogen (secondary N) is 1. The molecular weight excluding hydrogens is 250 g/mol. The van der Waals surface area contributed by atoms with E-state index in [2.05, 4.69) is 24.3 Å². The summed E-state index contributed by atoms with van der Waals surface area (Å²) in [7, 11) is 4.20. The summed E-state index contributed by atoms with van der Waals surface area (Å²) < 4.78 is 0. The Balaban J connectivity index is 2.02. The molecule has 3 N–H and O–H groups in total. The van der Waals surface area contributed by atoms with Gasteiger partial charge in [-0.05, 0) is 57.6 Å². The standard InChI is InChI=1S/C16H25N3O/c1-12-10-13(6-7-14(12)17)15(20)18-11-16(19(2)3)8-4-5-9-16/h6-7,10H,4-5,8-9,11,17H2,1-3H3,(H,18,20). The number of carbonyl (C=O) groups excluding carboxylic acids is 1. The Kier molecular flexibility index (Phi) is 4.33. The van der Waals surface area contributed by atoms with Gasteiger partial charge in [0.15, 0.2) is 0 Å². The molecule has 0 heterocycles. The molecule has 1 aromatic carbocycles. The van der Waals surface area contributed by atoms with Gasteiger partial charge in [0.1, 0.15) is 0 Å². The number of amides is 1. The number of nitrogen functional groups attached to an aromatic ring is 1. The summed E-state index contributed by atoms with van der Waals surface area (Å²) in [5.74, 6) is -0.0128. The number of carbonyl (C=O) groups is 1. The Labute approximate surface area is 121 Å². The highest BCUT2D eigenvalue weighted by Gasteiger charge is 2.36. The van der Waals surface area contributed by atoms with Crippen LogP contribution in [0.25, 0.3) is 0 Å². The molecule has 1 aromatic rings. The predicted octanol–water partition coefficient (Wildman–Crippen LogP) is 2.18. The number of nitrogens with two attached hydrogens (primary N) is 1. The molecule has 20 heavy (non-hydrogen) atoms. The first-order chi connectivity index (χ1) is 9.44. The largest absolute Gasteiger partial charge is 0.399 e. The lowest BCUT2D eigenvalue weighted by molar-refractivity contribution is 0.0900. The molecule has 1 aliphatic rings. The molecule has 0 radical (unpaired) electrons. The van der Waals surface area contributed by atoms with Crippen molar-refractivity contribution < 1.29 is 4.79 Å². The van der Waals surface area contributed by atoms with Crippen molar-refractivity contribution >= 4 is 11.6 Å². The first kappa shape index (κ1) is 14.9. The van der Waals surface area contributed by atoms with E-state index in [1.807, 2.05) is 13.0 Å². The van der Waals surface area contributed by atoms with Crippen molar-refractivity contribution in [2.24, 2.45) is 0 Å². The van der Waals surface area contributed by atoms with E-state index < -0.39 is 0 Å². The Morgan fingerprint density at radius 3 is 2.55 bits per heavy atom. The highest BCUT2D eigenvalue weighted by atomic mass is 16.1. The fourth-order valence-electron chi connectivity index (χ4n) is 2.98. The highest BCUT2D eigenvalue weighted by molar-refractivity contribution is 5.94. The van der Waals surface area contributed by atoms with Crippen molar-refractivity contribution in [1.29, 1.82) is 0 Å². The second-order valence-corrected chi connectivity index (χ2v) is 6.08. The lowest BCUT2D eigenvalue weighted by Gasteiger charge is -2.36. The third-order valence-corrected chi connectivity index (χ3v) is 4.59. The van der Waals surface area contributed by atoms with Gasteiger partial charge in [-0.3, -0.25) is 4.79 Å². The zero-order valence-electron chi connectivity index (χ0n) is 12.7. The fraction of sp³-hybridized carbons (Fsp3) is 0.562. The molecule has 1 amide bonds. The third-order valence-electron chi connectivity index (χ3n) is 4.59. The SMILES string of the molecule is Cc1cc(C(=O)NCC2(N(C)C)CCCC2)ccc1N. The minimum atomic E-state index is -0.0128. The van der Waals surface area contributed by atoms with Crippen LogP contribution in [-0.4, -0.2) is 37.0 Å². The van der Waals surface area contributed by atoms with Gasteiger partial charge in [0.2, 0.25) is 0 Å². The lowest BCUT2D eigenvalue weighted by atomic mass is 9.96. The maximum Gasteiger partial charge on any atom is 0.251 e. The molecule has 0 aromatic heterocycles. The number of nitrogens with zero attached hydrogens (tertiary/aromatic N) is 1. The Morgan fingerprint density at radius 1 is 1.35 bits per heavy atom. The molecule has 110 valence electrons. The summed E-state index contributed by atoms with van der Waals surface area (Å²) in [6, 6.07) is 5.43. The van der Waals surface area contributed by atoms with E-state index in [-0.39, 0.29) is 11.4 Å². The van der Waals surface area contributed by atoms with E-state index in [0.29, 0.717) is 12.1 Å². The van der Waals surface area contributed by atoms with Crippen LogP contribution in [0.5, 0.6) is 0 Å². The van der Waals surface area contributed by atoms with Gasteiger partial charge in [-0.15, -0.1) is 0 Å². The zero-order valence-corrected chi connectivity index (χ0v) is 12.7. The summed E-state index contributed by atoms with van der Waals surface area (Å²) in [6.45, 7) is 2.63. The fourth-order valence-corrected chi connectivity index (χ4v) is 2.98. The van der Waals surface area contributed by atoms with Crippen LogP contribution in [0.15, 0.2) is 18.2 Å². The van der Waals surface area contributed by atoms with Gasteiger partial charge >= 0.3 is 0 Å². The van der Waals surface area contributed by atoms with Gasteiger partial charge < -0.3 is 16.0 Å². The second-order valence-electron chi connectivity index (χ2n) is 6.08. The normalized spacial score (nSPS) is 17.4. The van der Waals surface area contributed by atoms with Crippen LogP contribution in [0.3, 0.4) is 0 Å². The minimum Gasteiger partial charge on any atom is -0.399 e. The van der Waals surface area contributed by atoms with Crippen molar-refractivity contribution in [2.75, 3.05) is 26.4 Å². The lowest BCUT2D eigenvalue weighted by Crippen LogP contribution is -2.50. The number of anilines is 1. The quantitative estimate of drug-likeness (QED) is 0.828. The first-order valence-corrected chi connectivity index (χ1v) is 7.26. The first-order valence-electron chi connectivity index (χ1n) is 7.26. The molecule has 0 unspecified atom stereocenters. The summed E-state index contributed by atoms with van der Waals surface area (Å²) >= 11 is 0. The maximum atomic E-state index is 12.3. The van der Waals surface area contributed by atoms with E-state index in [1.165, 1.54) is 12.8 Å². The van der Waals surface area contributed by atoms with E-state index in [9.17, 15) is 4.79 Å². The Morgan fingerprint density at radius 2 is 2.00 bits per heavy atom. The maximum absolute atomic E-state index is 12.3. The van der Waals surface area contributed by atoms with Gasteiger partial charge in [-0.25, -0.2) is 0 Å². The molecular formula is C16H25N3O. The van der Waals surface area contributed by atoms with Crippen molar-refractivity contribution in [3.8, 4) is 0 Å². The molecule has 0 aliphatic heterocycles. The van der Waals surface area contributed by atoms with E-state index >= 15 is 0 Å². The molecule has 0 atom stereocenters. The molecule has 0 saturated heterocycles. The van der Waals surface area contributed by atoms with Gasteiger partial charge in [0.05, 0.1) is 0 Å². The van der Waals surface area contributed by atoms with Crippen molar-refractivity contribution in [3.05, 3.63) is 29.3 Å². The number of rotatable bonds is 4. The van der Waals surface area contributed by atoms with E-state index in [0.717, 1.165) is 24.1 Å². The molecule has 0 spiro atoms.